The lowest BCUT2D eigenvalue weighted by atomic mass is 10.1. The molecule has 34 heavy (non-hydrogen) atoms. The second-order valence-corrected chi connectivity index (χ2v) is 9.07. The molecule has 2 aromatic rings. The molecular formula is C25H31N3O5S. The first-order valence-electron chi connectivity index (χ1n) is 11.0. The van der Waals surface area contributed by atoms with Gasteiger partial charge in [-0.25, -0.2) is 4.99 Å². The summed E-state index contributed by atoms with van der Waals surface area (Å²) in [6.07, 6.45) is 0.712. The van der Waals surface area contributed by atoms with E-state index in [0.717, 1.165) is 16.8 Å². The molecule has 1 heterocycles. The van der Waals surface area contributed by atoms with E-state index in [1.807, 2.05) is 32.0 Å². The van der Waals surface area contributed by atoms with E-state index in [1.54, 1.807) is 37.3 Å². The zero-order valence-electron chi connectivity index (χ0n) is 20.2. The summed E-state index contributed by atoms with van der Waals surface area (Å²) in [5, 5.41) is 2.91. The van der Waals surface area contributed by atoms with E-state index in [0.29, 0.717) is 41.9 Å². The average molecular weight is 486 g/mol. The van der Waals surface area contributed by atoms with Gasteiger partial charge in [0.25, 0.3) is 0 Å². The second-order valence-electron chi connectivity index (χ2n) is 7.90. The number of nitrogens with one attached hydrogen (secondary N) is 1. The van der Waals surface area contributed by atoms with Gasteiger partial charge in [0.05, 0.1) is 19.9 Å². The van der Waals surface area contributed by atoms with Crippen LogP contribution < -0.4 is 14.8 Å². The largest absolute Gasteiger partial charge is 0.493 e. The zero-order chi connectivity index (χ0) is 24.7. The number of carbonyl (C=O) groups excluding carboxylic acids is 2. The predicted octanol–water partition coefficient (Wildman–Crippen LogP) is 4.32. The van der Waals surface area contributed by atoms with Crippen LogP contribution in [0.2, 0.25) is 0 Å². The Kier molecular flexibility index (Phi) is 8.95. The molecule has 1 saturated heterocycles. The van der Waals surface area contributed by atoms with Gasteiger partial charge in [0.15, 0.2) is 16.7 Å². The molecular weight excluding hydrogens is 454 g/mol. The summed E-state index contributed by atoms with van der Waals surface area (Å²) in [7, 11) is 4.72. The van der Waals surface area contributed by atoms with E-state index in [4.69, 9.17) is 19.2 Å². The predicted molar refractivity (Wildman–Crippen MR) is 135 cm³/mol. The van der Waals surface area contributed by atoms with Crippen LogP contribution in [-0.2, 0) is 14.3 Å². The van der Waals surface area contributed by atoms with Crippen molar-refractivity contribution in [1.29, 1.82) is 0 Å². The van der Waals surface area contributed by atoms with Crippen LogP contribution in [-0.4, -0.2) is 61.6 Å². The number of carbonyl (C=O) groups is 2. The van der Waals surface area contributed by atoms with E-state index in [1.165, 1.54) is 18.9 Å². The van der Waals surface area contributed by atoms with Crippen molar-refractivity contribution >= 4 is 40.1 Å². The fraction of sp³-hybridized carbons (Fsp3) is 0.400. The van der Waals surface area contributed by atoms with Gasteiger partial charge in [-0.1, -0.05) is 30.0 Å². The Morgan fingerprint density at radius 2 is 1.79 bits per heavy atom. The molecule has 2 aromatic carbocycles. The van der Waals surface area contributed by atoms with Crippen LogP contribution in [0.5, 0.6) is 11.5 Å². The van der Waals surface area contributed by atoms with Crippen LogP contribution in [0.1, 0.15) is 24.0 Å². The average Bonchev–Trinajstić information content (AvgIpc) is 3.10. The third-order valence-corrected chi connectivity index (χ3v) is 6.61. The Bertz CT molecular complexity index is 1050. The first kappa shape index (κ1) is 25.6. The summed E-state index contributed by atoms with van der Waals surface area (Å²) in [5.74, 6) is 0.705. The van der Waals surface area contributed by atoms with Crippen molar-refractivity contribution in [2.45, 2.75) is 31.9 Å². The summed E-state index contributed by atoms with van der Waals surface area (Å²) in [5.41, 5.74) is 3.49. The molecule has 9 heteroatoms. The number of methoxy groups -OCH3 is 3. The molecule has 1 N–H and O–H groups in total. The van der Waals surface area contributed by atoms with Crippen molar-refractivity contribution < 1.29 is 23.8 Å². The molecule has 0 aliphatic carbocycles. The number of benzene rings is 2. The number of amides is 2. The quantitative estimate of drug-likeness (QED) is 0.504. The van der Waals surface area contributed by atoms with Crippen molar-refractivity contribution in [2.24, 2.45) is 4.99 Å². The number of rotatable bonds is 10. The number of para-hydroxylation sites is 1. The number of aryl methyl sites for hydroxylation is 2. The Hall–Kier alpha value is -3.04. The van der Waals surface area contributed by atoms with Crippen LogP contribution in [0.15, 0.2) is 41.4 Å². The topological polar surface area (TPSA) is 89.5 Å². The first-order chi connectivity index (χ1) is 16.4. The molecule has 1 aliphatic rings. The van der Waals surface area contributed by atoms with Crippen molar-refractivity contribution in [3.8, 4) is 11.5 Å². The number of thioether (sulfide) groups is 1. The fourth-order valence-corrected chi connectivity index (χ4v) is 4.84. The maximum absolute atomic E-state index is 13.2. The lowest BCUT2D eigenvalue weighted by Crippen LogP contribution is -2.34. The van der Waals surface area contributed by atoms with Crippen LogP contribution in [0.4, 0.5) is 11.4 Å². The summed E-state index contributed by atoms with van der Waals surface area (Å²) in [6.45, 7) is 5.01. The Morgan fingerprint density at radius 3 is 2.44 bits per heavy atom. The van der Waals surface area contributed by atoms with E-state index < -0.39 is 5.25 Å². The highest BCUT2D eigenvalue weighted by atomic mass is 32.2. The Balaban J connectivity index is 1.77. The maximum atomic E-state index is 13.2. The monoisotopic (exact) mass is 485 g/mol. The number of ether oxygens (including phenoxy) is 3. The van der Waals surface area contributed by atoms with Gasteiger partial charge in [-0.15, -0.1) is 0 Å². The van der Waals surface area contributed by atoms with Gasteiger partial charge >= 0.3 is 0 Å². The number of hydrogen-bond donors (Lipinski definition) is 1. The van der Waals surface area contributed by atoms with E-state index in [-0.39, 0.29) is 18.2 Å². The van der Waals surface area contributed by atoms with Crippen molar-refractivity contribution in [3.63, 3.8) is 0 Å². The smallest absolute Gasteiger partial charge is 0.242 e. The molecule has 1 aliphatic heterocycles. The lowest BCUT2D eigenvalue weighted by Gasteiger charge is -2.17. The molecule has 0 radical (unpaired) electrons. The minimum Gasteiger partial charge on any atom is -0.493 e. The zero-order valence-corrected chi connectivity index (χ0v) is 21.0. The molecule has 182 valence electrons. The molecule has 2 amide bonds. The van der Waals surface area contributed by atoms with Gasteiger partial charge in [0.2, 0.25) is 11.8 Å². The number of anilines is 1. The van der Waals surface area contributed by atoms with Gasteiger partial charge in [-0.2, -0.15) is 0 Å². The van der Waals surface area contributed by atoms with E-state index >= 15 is 0 Å². The maximum Gasteiger partial charge on any atom is 0.242 e. The number of nitrogens with zero attached hydrogens (tertiary/aromatic N) is 2. The van der Waals surface area contributed by atoms with E-state index in [9.17, 15) is 9.59 Å². The van der Waals surface area contributed by atoms with Crippen molar-refractivity contribution in [1.82, 2.24) is 4.90 Å². The molecule has 1 fully saturated rings. The van der Waals surface area contributed by atoms with E-state index in [2.05, 4.69) is 5.32 Å². The van der Waals surface area contributed by atoms with Gasteiger partial charge in [-0.3, -0.25) is 14.5 Å². The highest BCUT2D eigenvalue weighted by Crippen LogP contribution is 2.34. The number of hydrogen-bond acceptors (Lipinski definition) is 7. The molecule has 0 spiro atoms. The number of amidine groups is 1. The molecule has 0 aromatic heterocycles. The Morgan fingerprint density at radius 1 is 1.09 bits per heavy atom. The first-order valence-corrected chi connectivity index (χ1v) is 11.9. The summed E-state index contributed by atoms with van der Waals surface area (Å²) in [4.78, 5) is 32.5. The summed E-state index contributed by atoms with van der Waals surface area (Å²) in [6, 6.07) is 11.1. The highest BCUT2D eigenvalue weighted by Gasteiger charge is 2.39. The third kappa shape index (κ3) is 6.09. The minimum absolute atomic E-state index is 0.0321. The molecule has 3 rings (SSSR count). The van der Waals surface area contributed by atoms with Gasteiger partial charge < -0.3 is 19.5 Å². The lowest BCUT2D eigenvalue weighted by molar-refractivity contribution is -0.128. The molecule has 0 bridgehead atoms. The standard InChI is InChI=1S/C25H31N3O5S/c1-16-8-6-9-17(2)23(16)27-25-28(12-7-13-31-3)24(30)21(34-25)15-22(29)26-18-10-11-19(32-4)20(14-18)33-5/h6,8-11,14,21H,7,12-13,15H2,1-5H3,(H,26,29). The summed E-state index contributed by atoms with van der Waals surface area (Å²) < 4.78 is 15.7. The van der Waals surface area contributed by atoms with Crippen LogP contribution in [0, 0.1) is 13.8 Å². The minimum atomic E-state index is -0.550. The second kappa shape index (κ2) is 11.9. The fourth-order valence-electron chi connectivity index (χ4n) is 3.67. The summed E-state index contributed by atoms with van der Waals surface area (Å²) >= 11 is 1.33. The third-order valence-electron chi connectivity index (χ3n) is 5.44. The molecule has 8 nitrogen and oxygen atoms in total. The van der Waals surface area contributed by atoms with Crippen molar-refractivity contribution in [2.75, 3.05) is 39.8 Å². The van der Waals surface area contributed by atoms with Gasteiger partial charge in [0, 0.05) is 38.4 Å². The normalized spacial score (nSPS) is 16.7. The van der Waals surface area contributed by atoms with Crippen LogP contribution in [0.3, 0.4) is 0 Å². The van der Waals surface area contributed by atoms with Crippen LogP contribution in [0.25, 0.3) is 0 Å². The number of aliphatic imine (C=N–C) groups is 1. The van der Waals surface area contributed by atoms with Gasteiger partial charge in [-0.05, 0) is 43.5 Å². The molecule has 1 atom stereocenters. The SMILES string of the molecule is COCCCN1C(=O)C(CC(=O)Nc2ccc(OC)c(OC)c2)SC1=Nc1c(C)cccc1C. The van der Waals surface area contributed by atoms with Crippen LogP contribution >= 0.6 is 11.8 Å². The highest BCUT2D eigenvalue weighted by molar-refractivity contribution is 8.15. The Labute approximate surface area is 204 Å². The van der Waals surface area contributed by atoms with Gasteiger partial charge in [0.1, 0.15) is 5.25 Å². The van der Waals surface area contributed by atoms with Crippen molar-refractivity contribution in [3.05, 3.63) is 47.5 Å². The molecule has 0 saturated carbocycles. The molecule has 1 unspecified atom stereocenters.